The van der Waals surface area contributed by atoms with E-state index in [1.165, 1.54) is 0 Å². The Labute approximate surface area is 98.8 Å². The summed E-state index contributed by atoms with van der Waals surface area (Å²) in [5, 5.41) is 0. The zero-order valence-electron chi connectivity index (χ0n) is 11.1. The maximum absolute atomic E-state index is 12.2. The van der Waals surface area contributed by atoms with Crippen LogP contribution in [0.15, 0.2) is 0 Å². The van der Waals surface area contributed by atoms with Crippen molar-refractivity contribution in [1.29, 1.82) is 0 Å². The van der Waals surface area contributed by atoms with Crippen molar-refractivity contribution in [3.8, 4) is 0 Å². The molecular weight excluding hydrogens is 202 g/mol. The van der Waals surface area contributed by atoms with Crippen LogP contribution in [-0.2, 0) is 4.79 Å². The zero-order valence-corrected chi connectivity index (χ0v) is 11.1. The van der Waals surface area contributed by atoms with E-state index in [2.05, 4.69) is 25.8 Å². The van der Waals surface area contributed by atoms with Crippen molar-refractivity contribution in [3.63, 3.8) is 0 Å². The highest BCUT2D eigenvalue weighted by atomic mass is 16.2. The van der Waals surface area contributed by atoms with Crippen LogP contribution in [0.25, 0.3) is 0 Å². The molecule has 4 heteroatoms. The second-order valence-electron chi connectivity index (χ2n) is 5.25. The van der Waals surface area contributed by atoms with Gasteiger partial charge in [-0.2, -0.15) is 0 Å². The molecule has 0 bridgehead atoms. The number of likely N-dealkylation sites (N-methyl/N-ethyl adjacent to an activating group) is 1. The summed E-state index contributed by atoms with van der Waals surface area (Å²) in [6.07, 6.45) is 0. The van der Waals surface area contributed by atoms with Gasteiger partial charge >= 0.3 is 0 Å². The van der Waals surface area contributed by atoms with E-state index >= 15 is 0 Å². The summed E-state index contributed by atoms with van der Waals surface area (Å²) >= 11 is 0. The highest BCUT2D eigenvalue weighted by Gasteiger charge is 2.32. The van der Waals surface area contributed by atoms with E-state index in [4.69, 9.17) is 5.73 Å². The molecule has 1 heterocycles. The van der Waals surface area contributed by atoms with Crippen LogP contribution in [-0.4, -0.2) is 54.0 Å². The van der Waals surface area contributed by atoms with Crippen molar-refractivity contribution in [2.24, 2.45) is 11.7 Å². The van der Waals surface area contributed by atoms with E-state index in [0.29, 0.717) is 12.1 Å². The van der Waals surface area contributed by atoms with Crippen molar-refractivity contribution < 1.29 is 4.79 Å². The van der Waals surface area contributed by atoms with Crippen molar-refractivity contribution >= 4 is 5.91 Å². The van der Waals surface area contributed by atoms with Gasteiger partial charge in [0.2, 0.25) is 5.91 Å². The summed E-state index contributed by atoms with van der Waals surface area (Å²) in [4.78, 5) is 16.4. The van der Waals surface area contributed by atoms with Gasteiger partial charge in [-0.1, -0.05) is 6.92 Å². The van der Waals surface area contributed by atoms with E-state index in [0.717, 1.165) is 13.1 Å². The molecule has 0 saturated carbocycles. The predicted octanol–water partition coefficient (Wildman–Crippen LogP) is 0.521. The van der Waals surface area contributed by atoms with Gasteiger partial charge < -0.3 is 10.6 Å². The monoisotopic (exact) mass is 227 g/mol. The lowest BCUT2D eigenvalue weighted by atomic mass is 10.0. The Hall–Kier alpha value is -0.610. The molecule has 4 atom stereocenters. The molecule has 2 N–H and O–H groups in total. The molecule has 94 valence electrons. The first-order valence-corrected chi connectivity index (χ1v) is 6.11. The standard InChI is InChI=1S/C12H25N3O/c1-8-6-15(7-9(2)14(8)5)12(16)10(3)11(4)13/h8-11H,6-7,13H2,1-5H3. The van der Waals surface area contributed by atoms with Crippen LogP contribution in [0.1, 0.15) is 27.7 Å². The van der Waals surface area contributed by atoms with E-state index in [1.54, 1.807) is 0 Å². The molecule has 4 unspecified atom stereocenters. The Balaban J connectivity index is 2.65. The second kappa shape index (κ2) is 5.15. The number of hydrogen-bond donors (Lipinski definition) is 1. The third-order valence-corrected chi connectivity index (χ3v) is 3.85. The van der Waals surface area contributed by atoms with Gasteiger partial charge in [-0.25, -0.2) is 0 Å². The fraction of sp³-hybridized carbons (Fsp3) is 0.917. The Kier molecular flexibility index (Phi) is 4.33. The topological polar surface area (TPSA) is 49.6 Å². The van der Waals surface area contributed by atoms with Crippen LogP contribution in [0.5, 0.6) is 0 Å². The molecule has 0 aliphatic carbocycles. The van der Waals surface area contributed by atoms with Gasteiger partial charge in [0, 0.05) is 31.2 Å². The number of nitrogens with zero attached hydrogens (tertiary/aromatic N) is 2. The first-order valence-electron chi connectivity index (χ1n) is 6.11. The minimum atomic E-state index is -0.0807. The molecule has 0 aromatic rings. The Morgan fingerprint density at radius 3 is 2.06 bits per heavy atom. The first-order chi connectivity index (χ1) is 7.34. The van der Waals surface area contributed by atoms with E-state index in [1.807, 2.05) is 18.7 Å². The minimum absolute atomic E-state index is 0.0715. The molecular formula is C12H25N3O. The predicted molar refractivity (Wildman–Crippen MR) is 66.1 cm³/mol. The van der Waals surface area contributed by atoms with E-state index < -0.39 is 0 Å². The zero-order chi connectivity index (χ0) is 12.5. The van der Waals surface area contributed by atoms with Gasteiger partial charge in [-0.05, 0) is 27.8 Å². The molecule has 0 radical (unpaired) electrons. The van der Waals surface area contributed by atoms with Crippen LogP contribution in [0.4, 0.5) is 0 Å². The van der Waals surface area contributed by atoms with Crippen molar-refractivity contribution in [2.45, 2.75) is 45.8 Å². The molecule has 0 aromatic heterocycles. The molecule has 0 aromatic carbocycles. The lowest BCUT2D eigenvalue weighted by Gasteiger charge is -2.43. The minimum Gasteiger partial charge on any atom is -0.339 e. The maximum Gasteiger partial charge on any atom is 0.227 e. The fourth-order valence-corrected chi connectivity index (χ4v) is 2.10. The molecule has 0 spiro atoms. The Morgan fingerprint density at radius 1 is 1.25 bits per heavy atom. The molecule has 1 fully saturated rings. The maximum atomic E-state index is 12.2. The van der Waals surface area contributed by atoms with Crippen LogP contribution in [0.3, 0.4) is 0 Å². The number of piperazine rings is 1. The van der Waals surface area contributed by atoms with Crippen molar-refractivity contribution in [3.05, 3.63) is 0 Å². The van der Waals surface area contributed by atoms with E-state index in [9.17, 15) is 4.79 Å². The summed E-state index contributed by atoms with van der Waals surface area (Å²) in [6, 6.07) is 0.777. The van der Waals surface area contributed by atoms with E-state index in [-0.39, 0.29) is 17.9 Å². The summed E-state index contributed by atoms with van der Waals surface area (Å²) in [7, 11) is 2.12. The molecule has 1 amide bonds. The normalized spacial score (nSPS) is 31.2. The van der Waals surface area contributed by atoms with Crippen LogP contribution >= 0.6 is 0 Å². The SMILES string of the molecule is CC(N)C(C)C(=O)N1CC(C)N(C)C(C)C1. The number of nitrogens with two attached hydrogens (primary N) is 1. The van der Waals surface area contributed by atoms with Gasteiger partial charge in [0.15, 0.2) is 0 Å². The summed E-state index contributed by atoms with van der Waals surface area (Å²) in [6.45, 7) is 9.76. The Bertz CT molecular complexity index is 243. The average Bonchev–Trinajstić information content (AvgIpc) is 2.22. The molecule has 1 rings (SSSR count). The number of rotatable bonds is 2. The van der Waals surface area contributed by atoms with Gasteiger partial charge in [0.25, 0.3) is 0 Å². The third kappa shape index (κ3) is 2.74. The summed E-state index contributed by atoms with van der Waals surface area (Å²) in [5.74, 6) is 0.115. The molecule has 1 aliphatic heterocycles. The van der Waals surface area contributed by atoms with Gasteiger partial charge in [0.1, 0.15) is 0 Å². The number of hydrogen-bond acceptors (Lipinski definition) is 3. The average molecular weight is 227 g/mol. The van der Waals surface area contributed by atoms with Crippen LogP contribution in [0.2, 0.25) is 0 Å². The second-order valence-corrected chi connectivity index (χ2v) is 5.25. The van der Waals surface area contributed by atoms with Gasteiger partial charge in [0.05, 0.1) is 5.92 Å². The van der Waals surface area contributed by atoms with Crippen LogP contribution < -0.4 is 5.73 Å². The smallest absolute Gasteiger partial charge is 0.227 e. The van der Waals surface area contributed by atoms with Gasteiger partial charge in [-0.3, -0.25) is 9.69 Å². The lowest BCUT2D eigenvalue weighted by molar-refractivity contribution is -0.139. The number of amides is 1. The molecule has 16 heavy (non-hydrogen) atoms. The third-order valence-electron chi connectivity index (χ3n) is 3.85. The Morgan fingerprint density at radius 2 is 1.69 bits per heavy atom. The fourth-order valence-electron chi connectivity index (χ4n) is 2.10. The van der Waals surface area contributed by atoms with Gasteiger partial charge in [-0.15, -0.1) is 0 Å². The number of carbonyl (C=O) groups is 1. The summed E-state index contributed by atoms with van der Waals surface area (Å²) in [5.41, 5.74) is 5.78. The highest BCUT2D eigenvalue weighted by molar-refractivity contribution is 5.79. The largest absolute Gasteiger partial charge is 0.339 e. The molecule has 4 nitrogen and oxygen atoms in total. The number of carbonyl (C=O) groups excluding carboxylic acids is 1. The van der Waals surface area contributed by atoms with Crippen molar-refractivity contribution in [2.75, 3.05) is 20.1 Å². The van der Waals surface area contributed by atoms with Crippen LogP contribution in [0, 0.1) is 5.92 Å². The molecule has 1 aliphatic rings. The highest BCUT2D eigenvalue weighted by Crippen LogP contribution is 2.16. The van der Waals surface area contributed by atoms with Crippen molar-refractivity contribution in [1.82, 2.24) is 9.80 Å². The summed E-state index contributed by atoms with van der Waals surface area (Å²) < 4.78 is 0. The lowest BCUT2D eigenvalue weighted by Crippen LogP contribution is -2.58. The first kappa shape index (κ1) is 13.5. The quantitative estimate of drug-likeness (QED) is 0.748. The molecule has 1 saturated heterocycles.